The van der Waals surface area contributed by atoms with Gasteiger partial charge >= 0.3 is 0 Å². The topological polar surface area (TPSA) is 46.8 Å². The summed E-state index contributed by atoms with van der Waals surface area (Å²) in [5.74, 6) is 0. The standard InChI is InChI=1S/C16H15N3O/c17-15-18-14-9-5-4-8-13(14)16(19(15)10-11-20-16)12-6-2-1-3-7-12/h1-9,15,18H,10-11H2. The van der Waals surface area contributed by atoms with Crippen molar-refractivity contribution in [1.82, 2.24) is 10.6 Å². The number of ether oxygens (including phenoxy) is 1. The molecule has 0 saturated carbocycles. The molecule has 2 aliphatic heterocycles. The molecule has 100 valence electrons. The molecule has 1 saturated heterocycles. The van der Waals surface area contributed by atoms with E-state index in [1.165, 1.54) is 0 Å². The van der Waals surface area contributed by atoms with E-state index in [2.05, 4.69) is 11.4 Å². The molecule has 2 aromatic rings. The zero-order chi connectivity index (χ0) is 13.6. The Balaban J connectivity index is 1.99. The predicted octanol–water partition coefficient (Wildman–Crippen LogP) is 2.00. The average molecular weight is 265 g/mol. The monoisotopic (exact) mass is 265 g/mol. The summed E-state index contributed by atoms with van der Waals surface area (Å²) < 4.78 is 6.15. The van der Waals surface area contributed by atoms with E-state index in [4.69, 9.17) is 4.74 Å². The van der Waals surface area contributed by atoms with Crippen LogP contribution >= 0.6 is 0 Å². The summed E-state index contributed by atoms with van der Waals surface area (Å²) in [5, 5.41) is 3.13. The minimum absolute atomic E-state index is 0.599. The van der Waals surface area contributed by atoms with Gasteiger partial charge in [-0.2, -0.15) is 0 Å². The molecule has 4 rings (SSSR count). The van der Waals surface area contributed by atoms with Crippen LogP contribution in [0.15, 0.2) is 54.6 Å². The van der Waals surface area contributed by atoms with Gasteiger partial charge in [0.05, 0.1) is 6.61 Å². The third-order valence-electron chi connectivity index (χ3n) is 4.08. The van der Waals surface area contributed by atoms with Crippen molar-refractivity contribution in [3.05, 3.63) is 65.7 Å². The van der Waals surface area contributed by atoms with Crippen molar-refractivity contribution in [1.29, 1.82) is 0 Å². The lowest BCUT2D eigenvalue weighted by molar-refractivity contribution is -0.0711. The first-order valence-corrected chi connectivity index (χ1v) is 6.83. The van der Waals surface area contributed by atoms with Gasteiger partial charge in [-0.15, -0.1) is 0 Å². The Hall–Kier alpha value is -1.88. The van der Waals surface area contributed by atoms with Crippen LogP contribution in [0, 0.1) is 0 Å². The van der Waals surface area contributed by atoms with Gasteiger partial charge in [0, 0.05) is 23.4 Å². The minimum atomic E-state index is -0.743. The highest BCUT2D eigenvalue weighted by Crippen LogP contribution is 2.47. The normalized spacial score (nSPS) is 28.6. The van der Waals surface area contributed by atoms with Crippen LogP contribution in [0.4, 0.5) is 5.69 Å². The van der Waals surface area contributed by atoms with Crippen molar-refractivity contribution in [3.8, 4) is 0 Å². The van der Waals surface area contributed by atoms with E-state index in [9.17, 15) is 5.73 Å². The highest BCUT2D eigenvalue weighted by Gasteiger charge is 2.52. The Labute approximate surface area is 118 Å². The molecule has 1 N–H and O–H groups in total. The van der Waals surface area contributed by atoms with Crippen molar-refractivity contribution >= 4 is 5.69 Å². The summed E-state index contributed by atoms with van der Waals surface area (Å²) in [6.45, 7) is 1.29. The van der Waals surface area contributed by atoms with Crippen LogP contribution in [0.2, 0.25) is 0 Å². The Morgan fingerprint density at radius 3 is 2.70 bits per heavy atom. The molecular weight excluding hydrogens is 250 g/mol. The van der Waals surface area contributed by atoms with E-state index in [0.29, 0.717) is 13.2 Å². The van der Waals surface area contributed by atoms with Crippen LogP contribution in [0.5, 0.6) is 0 Å². The summed E-state index contributed by atoms with van der Waals surface area (Å²) in [5.41, 5.74) is 12.7. The van der Waals surface area contributed by atoms with Gasteiger partial charge < -0.3 is 10.1 Å². The number of anilines is 1. The number of nitrogens with one attached hydrogen (secondary N) is 1. The fraction of sp³-hybridized carbons (Fsp3) is 0.250. The van der Waals surface area contributed by atoms with Crippen LogP contribution in [0.1, 0.15) is 11.1 Å². The van der Waals surface area contributed by atoms with E-state index in [1.54, 1.807) is 0 Å². The quantitative estimate of drug-likeness (QED) is 0.858. The third kappa shape index (κ3) is 1.47. The lowest BCUT2D eigenvalue weighted by Crippen LogP contribution is -2.56. The first kappa shape index (κ1) is 11.9. The summed E-state index contributed by atoms with van der Waals surface area (Å²) in [7, 11) is 0. The summed E-state index contributed by atoms with van der Waals surface area (Å²) in [6.07, 6.45) is -0.743. The summed E-state index contributed by atoms with van der Waals surface area (Å²) in [6, 6.07) is 18.1. The summed E-state index contributed by atoms with van der Waals surface area (Å²) >= 11 is 0. The van der Waals surface area contributed by atoms with Gasteiger partial charge in [-0.3, -0.25) is 0 Å². The van der Waals surface area contributed by atoms with E-state index in [0.717, 1.165) is 16.8 Å². The Kier molecular flexibility index (Phi) is 2.57. The second-order valence-electron chi connectivity index (χ2n) is 5.12. The third-order valence-corrected chi connectivity index (χ3v) is 4.08. The molecule has 0 aliphatic carbocycles. The van der Waals surface area contributed by atoms with Crippen LogP contribution in [-0.2, 0) is 10.5 Å². The van der Waals surface area contributed by atoms with Gasteiger partial charge in [-0.1, -0.05) is 54.3 Å². The first-order valence-electron chi connectivity index (χ1n) is 6.83. The fourth-order valence-corrected chi connectivity index (χ4v) is 3.25. The van der Waals surface area contributed by atoms with Crippen LogP contribution in [-0.4, -0.2) is 24.3 Å². The van der Waals surface area contributed by atoms with Gasteiger partial charge in [0.1, 0.15) is 0 Å². The van der Waals surface area contributed by atoms with Crippen LogP contribution in [0.3, 0.4) is 0 Å². The maximum absolute atomic E-state index is 10.4. The zero-order valence-electron chi connectivity index (χ0n) is 11.0. The molecule has 0 bridgehead atoms. The molecule has 4 heteroatoms. The number of nitrogens with zero attached hydrogens (tertiary/aromatic N) is 2. The van der Waals surface area contributed by atoms with Crippen LogP contribution < -0.4 is 11.1 Å². The second kappa shape index (κ2) is 4.31. The van der Waals surface area contributed by atoms with Crippen molar-refractivity contribution < 1.29 is 4.74 Å². The number of rotatable bonds is 1. The van der Waals surface area contributed by atoms with E-state index in [-0.39, 0.29) is 0 Å². The molecule has 2 atom stereocenters. The van der Waals surface area contributed by atoms with Crippen molar-refractivity contribution in [3.63, 3.8) is 0 Å². The van der Waals surface area contributed by atoms with Crippen molar-refractivity contribution in [2.45, 2.75) is 12.0 Å². The number of hydrogen-bond acceptors (Lipinski definition) is 3. The fourth-order valence-electron chi connectivity index (χ4n) is 3.25. The van der Waals surface area contributed by atoms with Gasteiger partial charge in [0.15, 0.2) is 12.0 Å². The molecule has 2 radical (unpaired) electrons. The van der Waals surface area contributed by atoms with Gasteiger partial charge in [0.2, 0.25) is 0 Å². The van der Waals surface area contributed by atoms with E-state index < -0.39 is 12.0 Å². The lowest BCUT2D eigenvalue weighted by Gasteiger charge is -2.45. The summed E-state index contributed by atoms with van der Waals surface area (Å²) in [4.78, 5) is 1.96. The molecule has 2 heterocycles. The lowest BCUT2D eigenvalue weighted by atomic mass is 9.90. The Bertz CT molecular complexity index is 631. The molecular formula is C16H15N3O. The molecule has 4 nitrogen and oxygen atoms in total. The molecule has 0 spiro atoms. The Morgan fingerprint density at radius 1 is 1.10 bits per heavy atom. The van der Waals surface area contributed by atoms with Crippen LogP contribution in [0.25, 0.3) is 0 Å². The maximum atomic E-state index is 10.4. The number of benzene rings is 2. The molecule has 20 heavy (non-hydrogen) atoms. The highest BCUT2D eigenvalue weighted by atomic mass is 16.5. The minimum Gasteiger partial charge on any atom is -0.355 e. The number of fused-ring (bicyclic) bond motifs is 3. The molecule has 0 aromatic heterocycles. The van der Waals surface area contributed by atoms with E-state index in [1.807, 2.05) is 53.4 Å². The first-order chi connectivity index (χ1) is 9.82. The molecule has 0 amide bonds. The van der Waals surface area contributed by atoms with Gasteiger partial charge in [-0.25, -0.2) is 4.90 Å². The molecule has 2 unspecified atom stereocenters. The average Bonchev–Trinajstić information content (AvgIpc) is 2.95. The molecule has 2 aromatic carbocycles. The largest absolute Gasteiger partial charge is 0.355 e. The van der Waals surface area contributed by atoms with Crippen molar-refractivity contribution in [2.24, 2.45) is 0 Å². The number of hydrogen-bond donors (Lipinski definition) is 1. The maximum Gasteiger partial charge on any atom is 0.178 e. The van der Waals surface area contributed by atoms with Gasteiger partial charge in [-0.05, 0) is 6.07 Å². The second-order valence-corrected chi connectivity index (χ2v) is 5.12. The van der Waals surface area contributed by atoms with Crippen molar-refractivity contribution in [2.75, 3.05) is 18.5 Å². The highest BCUT2D eigenvalue weighted by molar-refractivity contribution is 5.59. The SMILES string of the molecule is [N]C1Nc2ccccc2C2(c3ccccc3)OCCN12. The number of para-hydroxylation sites is 1. The molecule has 1 fully saturated rings. The van der Waals surface area contributed by atoms with Gasteiger partial charge in [0.25, 0.3) is 0 Å². The molecule has 2 aliphatic rings. The predicted molar refractivity (Wildman–Crippen MR) is 75.9 cm³/mol. The zero-order valence-corrected chi connectivity index (χ0v) is 11.0. The van der Waals surface area contributed by atoms with E-state index >= 15 is 0 Å². The Morgan fingerprint density at radius 2 is 1.85 bits per heavy atom. The smallest absolute Gasteiger partial charge is 0.178 e.